The zero-order chi connectivity index (χ0) is 13.1. The van der Waals surface area contributed by atoms with E-state index in [2.05, 4.69) is 4.74 Å². The molecule has 100 valence electrons. The molecule has 0 saturated carbocycles. The summed E-state index contributed by atoms with van der Waals surface area (Å²) >= 11 is 1.51. The molecule has 0 spiro atoms. The third-order valence-electron chi connectivity index (χ3n) is 2.05. The van der Waals surface area contributed by atoms with Gasteiger partial charge in [0.05, 0.1) is 19.5 Å². The summed E-state index contributed by atoms with van der Waals surface area (Å²) in [5, 5.41) is 0. The molecule has 0 bridgehead atoms. The van der Waals surface area contributed by atoms with Gasteiger partial charge in [0.2, 0.25) is 5.91 Å². The summed E-state index contributed by atoms with van der Waals surface area (Å²) in [4.78, 5) is 24.5. The van der Waals surface area contributed by atoms with Crippen molar-refractivity contribution in [1.29, 1.82) is 0 Å². The number of carbonyl (C=O) groups excluding carboxylic acids is 2. The van der Waals surface area contributed by atoms with Crippen molar-refractivity contribution in [2.24, 2.45) is 0 Å². The lowest BCUT2D eigenvalue weighted by Crippen LogP contribution is -2.38. The Morgan fingerprint density at radius 3 is 2.53 bits per heavy atom. The van der Waals surface area contributed by atoms with E-state index in [1.165, 1.54) is 23.8 Å². The van der Waals surface area contributed by atoms with E-state index in [4.69, 9.17) is 4.74 Å². The summed E-state index contributed by atoms with van der Waals surface area (Å²) < 4.78 is 9.45. The number of nitrogens with zero attached hydrogens (tertiary/aromatic N) is 1. The topological polar surface area (TPSA) is 55.8 Å². The van der Waals surface area contributed by atoms with Gasteiger partial charge in [0.25, 0.3) is 0 Å². The molecule has 0 aliphatic heterocycles. The van der Waals surface area contributed by atoms with Crippen LogP contribution in [0.15, 0.2) is 0 Å². The quantitative estimate of drug-likeness (QED) is 0.454. The van der Waals surface area contributed by atoms with E-state index in [-0.39, 0.29) is 18.4 Å². The van der Waals surface area contributed by atoms with Crippen LogP contribution in [0.1, 0.15) is 13.3 Å². The van der Waals surface area contributed by atoms with Crippen molar-refractivity contribution >= 4 is 23.6 Å². The first-order valence-corrected chi connectivity index (χ1v) is 6.72. The van der Waals surface area contributed by atoms with Crippen LogP contribution in [-0.4, -0.2) is 62.2 Å². The van der Waals surface area contributed by atoms with E-state index in [1.807, 2.05) is 6.92 Å². The van der Waals surface area contributed by atoms with Gasteiger partial charge in [0, 0.05) is 19.4 Å². The largest absolute Gasteiger partial charge is 0.468 e. The Balaban J connectivity index is 4.01. The van der Waals surface area contributed by atoms with Gasteiger partial charge in [-0.2, -0.15) is 0 Å². The molecule has 0 aromatic heterocycles. The maximum absolute atomic E-state index is 11.8. The van der Waals surface area contributed by atoms with Crippen molar-refractivity contribution in [3.63, 3.8) is 0 Å². The first-order valence-electron chi connectivity index (χ1n) is 5.57. The molecule has 0 aliphatic carbocycles. The fourth-order valence-corrected chi connectivity index (χ4v) is 1.96. The van der Waals surface area contributed by atoms with Gasteiger partial charge in [-0.25, -0.2) is 0 Å². The normalized spacial score (nSPS) is 10.1. The van der Waals surface area contributed by atoms with Crippen LogP contribution >= 0.6 is 11.8 Å². The second kappa shape index (κ2) is 10.4. The highest BCUT2D eigenvalue weighted by Crippen LogP contribution is 2.03. The van der Waals surface area contributed by atoms with E-state index < -0.39 is 0 Å². The number of thioether (sulfide) groups is 1. The average Bonchev–Trinajstić information content (AvgIpc) is 2.33. The first kappa shape index (κ1) is 16.2. The van der Waals surface area contributed by atoms with Gasteiger partial charge in [-0.05, 0) is 6.42 Å². The molecular formula is C11H21NO4S. The number of carbonyl (C=O) groups is 2. The van der Waals surface area contributed by atoms with E-state index in [0.717, 1.165) is 12.2 Å². The molecule has 0 N–H and O–H groups in total. The minimum atomic E-state index is -0.381. The van der Waals surface area contributed by atoms with Crippen LogP contribution in [0.25, 0.3) is 0 Å². The molecule has 1 amide bonds. The standard InChI is InChI=1S/C11H21NO4S/c1-4-5-12(8-11(14)16-3)10(13)9-17-7-6-15-2/h4-9H2,1-3H3. The summed E-state index contributed by atoms with van der Waals surface area (Å²) in [6, 6.07) is 0. The number of ether oxygens (including phenoxy) is 2. The smallest absolute Gasteiger partial charge is 0.325 e. The molecule has 0 fully saturated rings. The molecule has 17 heavy (non-hydrogen) atoms. The number of rotatable bonds is 9. The molecule has 0 aliphatic rings. The van der Waals surface area contributed by atoms with Gasteiger partial charge in [-0.15, -0.1) is 11.8 Å². The van der Waals surface area contributed by atoms with Gasteiger partial charge >= 0.3 is 5.97 Å². The number of hydrogen-bond donors (Lipinski definition) is 0. The molecule has 6 heteroatoms. The lowest BCUT2D eigenvalue weighted by Gasteiger charge is -2.20. The maximum atomic E-state index is 11.8. The molecule has 0 unspecified atom stereocenters. The van der Waals surface area contributed by atoms with Gasteiger partial charge in [-0.1, -0.05) is 6.92 Å². The molecule has 0 heterocycles. The van der Waals surface area contributed by atoms with Gasteiger partial charge < -0.3 is 14.4 Å². The highest BCUT2D eigenvalue weighted by Gasteiger charge is 2.16. The second-order valence-corrected chi connectivity index (χ2v) is 4.54. The number of methoxy groups -OCH3 is 2. The molecule has 0 saturated heterocycles. The van der Waals surface area contributed by atoms with Crippen LogP contribution in [0.2, 0.25) is 0 Å². The highest BCUT2D eigenvalue weighted by molar-refractivity contribution is 7.99. The molecule has 0 rings (SSSR count). The van der Waals surface area contributed by atoms with E-state index in [9.17, 15) is 9.59 Å². The maximum Gasteiger partial charge on any atom is 0.325 e. The number of esters is 1. The monoisotopic (exact) mass is 263 g/mol. The summed E-state index contributed by atoms with van der Waals surface area (Å²) in [6.07, 6.45) is 0.825. The van der Waals surface area contributed by atoms with Crippen LogP contribution < -0.4 is 0 Å². The van der Waals surface area contributed by atoms with Gasteiger partial charge in [0.1, 0.15) is 6.54 Å². The van der Waals surface area contributed by atoms with E-state index in [1.54, 1.807) is 7.11 Å². The van der Waals surface area contributed by atoms with Crippen molar-refractivity contribution in [2.45, 2.75) is 13.3 Å². The Kier molecular flexibility index (Phi) is 9.95. The van der Waals surface area contributed by atoms with Crippen LogP contribution in [0, 0.1) is 0 Å². The fourth-order valence-electron chi connectivity index (χ4n) is 1.18. The number of amides is 1. The molecule has 0 aromatic rings. The van der Waals surface area contributed by atoms with Crippen LogP contribution in [0.5, 0.6) is 0 Å². The predicted molar refractivity (Wildman–Crippen MR) is 68.1 cm³/mol. The van der Waals surface area contributed by atoms with Crippen LogP contribution in [0.3, 0.4) is 0 Å². The number of hydrogen-bond acceptors (Lipinski definition) is 5. The average molecular weight is 263 g/mol. The Bertz CT molecular complexity index is 236. The zero-order valence-corrected chi connectivity index (χ0v) is 11.5. The summed E-state index contributed by atoms with van der Waals surface area (Å²) in [7, 11) is 2.95. The Morgan fingerprint density at radius 1 is 1.29 bits per heavy atom. The summed E-state index contributed by atoms with van der Waals surface area (Å²) in [5.74, 6) is 0.743. The molecular weight excluding hydrogens is 242 g/mol. The minimum absolute atomic E-state index is 0.0293. The van der Waals surface area contributed by atoms with Gasteiger partial charge in [0.15, 0.2) is 0 Å². The van der Waals surface area contributed by atoms with Gasteiger partial charge in [-0.3, -0.25) is 9.59 Å². The molecule has 0 aromatic carbocycles. The Morgan fingerprint density at radius 2 is 2.00 bits per heavy atom. The van der Waals surface area contributed by atoms with E-state index >= 15 is 0 Å². The Hall–Kier alpha value is -0.750. The van der Waals surface area contributed by atoms with Crippen molar-refractivity contribution in [1.82, 2.24) is 4.90 Å². The summed E-state index contributed by atoms with van der Waals surface area (Å²) in [6.45, 7) is 3.21. The predicted octanol–water partition coefficient (Wildman–Crippen LogP) is 0.778. The molecule has 0 atom stereocenters. The first-order chi connectivity index (χ1) is 8.15. The fraction of sp³-hybridized carbons (Fsp3) is 0.818. The minimum Gasteiger partial charge on any atom is -0.468 e. The lowest BCUT2D eigenvalue weighted by molar-refractivity contribution is -0.146. The third-order valence-corrected chi connectivity index (χ3v) is 2.96. The third kappa shape index (κ3) is 8.04. The van der Waals surface area contributed by atoms with Crippen molar-refractivity contribution in [3.8, 4) is 0 Å². The Labute approximate surface area is 107 Å². The van der Waals surface area contributed by atoms with Crippen LogP contribution in [0.4, 0.5) is 0 Å². The summed E-state index contributed by atoms with van der Waals surface area (Å²) in [5.41, 5.74) is 0. The zero-order valence-electron chi connectivity index (χ0n) is 10.7. The van der Waals surface area contributed by atoms with E-state index in [0.29, 0.717) is 18.9 Å². The van der Waals surface area contributed by atoms with Crippen molar-refractivity contribution in [3.05, 3.63) is 0 Å². The van der Waals surface area contributed by atoms with Crippen LogP contribution in [-0.2, 0) is 19.1 Å². The second-order valence-electron chi connectivity index (χ2n) is 3.44. The van der Waals surface area contributed by atoms with Crippen molar-refractivity contribution in [2.75, 3.05) is 45.4 Å². The molecule has 0 radical (unpaired) electrons. The lowest BCUT2D eigenvalue weighted by atomic mass is 10.4. The molecule has 5 nitrogen and oxygen atoms in total. The SMILES string of the molecule is CCCN(CC(=O)OC)C(=O)CSCCOC. The highest BCUT2D eigenvalue weighted by atomic mass is 32.2. The van der Waals surface area contributed by atoms with Crippen molar-refractivity contribution < 1.29 is 19.1 Å².